The van der Waals surface area contributed by atoms with Gasteiger partial charge in [0.2, 0.25) is 0 Å². The summed E-state index contributed by atoms with van der Waals surface area (Å²) in [4.78, 5) is 18.9. The highest BCUT2D eigenvalue weighted by molar-refractivity contribution is 8.15. The Kier molecular flexibility index (Phi) is 5.84. The zero-order valence-electron chi connectivity index (χ0n) is 16.3. The van der Waals surface area contributed by atoms with E-state index in [1.807, 2.05) is 4.90 Å². The molecule has 9 heteroatoms. The van der Waals surface area contributed by atoms with Gasteiger partial charge in [0, 0.05) is 17.4 Å². The lowest BCUT2D eigenvalue weighted by Gasteiger charge is -2.24. The van der Waals surface area contributed by atoms with Crippen LogP contribution in [0.2, 0.25) is 0 Å². The van der Waals surface area contributed by atoms with Crippen LogP contribution in [0.3, 0.4) is 0 Å². The number of amides is 1. The van der Waals surface area contributed by atoms with Gasteiger partial charge >= 0.3 is 0 Å². The number of nitrogens with zero attached hydrogens (tertiary/aromatic N) is 2. The van der Waals surface area contributed by atoms with E-state index in [0.717, 1.165) is 5.56 Å². The molecular weight excluding hydrogens is 427 g/mol. The highest BCUT2D eigenvalue weighted by atomic mass is 32.2. The van der Waals surface area contributed by atoms with Gasteiger partial charge in [0.05, 0.1) is 24.7 Å². The molecule has 2 fully saturated rings. The maximum atomic E-state index is 13.2. The highest BCUT2D eigenvalue weighted by Crippen LogP contribution is 2.38. The van der Waals surface area contributed by atoms with Crippen LogP contribution in [0, 0.1) is 5.82 Å². The molecule has 30 heavy (non-hydrogen) atoms. The number of aliphatic imine (C=N–C) groups is 1. The number of sulfone groups is 1. The smallest absolute Gasteiger partial charge is 0.279 e. The van der Waals surface area contributed by atoms with Crippen molar-refractivity contribution in [2.45, 2.75) is 17.7 Å². The number of carbonyl (C=O) groups is 1. The van der Waals surface area contributed by atoms with E-state index >= 15 is 0 Å². The van der Waals surface area contributed by atoms with Crippen LogP contribution in [0.4, 0.5) is 4.39 Å². The minimum atomic E-state index is -3.10. The quantitative estimate of drug-likeness (QED) is 0.700. The SMILES string of the molecule is COc1ccc(C(=O)N=C2S[C@@H]3CS(=O)(=O)C[C@H]3N2CCc2ccc(F)cc2)cc1. The van der Waals surface area contributed by atoms with Crippen molar-refractivity contribution in [1.29, 1.82) is 0 Å². The maximum absolute atomic E-state index is 13.2. The lowest BCUT2D eigenvalue weighted by atomic mass is 10.1. The summed E-state index contributed by atoms with van der Waals surface area (Å²) in [5, 5.41) is 0.411. The van der Waals surface area contributed by atoms with E-state index in [2.05, 4.69) is 4.99 Å². The summed E-state index contributed by atoms with van der Waals surface area (Å²) >= 11 is 1.35. The fraction of sp³-hybridized carbons (Fsp3) is 0.333. The van der Waals surface area contributed by atoms with E-state index in [1.54, 1.807) is 43.5 Å². The lowest BCUT2D eigenvalue weighted by Crippen LogP contribution is -2.39. The first-order valence-electron chi connectivity index (χ1n) is 9.50. The van der Waals surface area contributed by atoms with Crippen molar-refractivity contribution in [2.24, 2.45) is 4.99 Å². The fourth-order valence-corrected chi connectivity index (χ4v) is 7.66. The van der Waals surface area contributed by atoms with Crippen molar-refractivity contribution >= 4 is 32.7 Å². The number of benzene rings is 2. The van der Waals surface area contributed by atoms with Crippen molar-refractivity contribution in [3.05, 3.63) is 65.5 Å². The van der Waals surface area contributed by atoms with Crippen LogP contribution in [-0.4, -0.2) is 60.8 Å². The number of fused-ring (bicyclic) bond motifs is 1. The Morgan fingerprint density at radius 2 is 1.87 bits per heavy atom. The average molecular weight is 449 g/mol. The Bertz CT molecular complexity index is 1070. The monoisotopic (exact) mass is 448 g/mol. The second kappa shape index (κ2) is 8.39. The molecule has 4 rings (SSSR count). The van der Waals surface area contributed by atoms with E-state index in [4.69, 9.17) is 4.74 Å². The Balaban J connectivity index is 1.55. The van der Waals surface area contributed by atoms with Gasteiger partial charge in [-0.1, -0.05) is 23.9 Å². The highest BCUT2D eigenvalue weighted by Gasteiger charge is 2.48. The van der Waals surface area contributed by atoms with Crippen LogP contribution in [-0.2, 0) is 16.3 Å². The molecule has 158 valence electrons. The molecule has 2 aromatic carbocycles. The minimum Gasteiger partial charge on any atom is -0.497 e. The molecule has 2 aromatic rings. The average Bonchev–Trinajstić information content (AvgIpc) is 3.18. The molecule has 1 amide bonds. The standard InChI is InChI=1S/C21H21FN2O4S2/c1-28-17-8-4-15(5-9-17)20(25)23-21-24(11-10-14-2-6-16(22)7-3-14)18-12-30(26,27)13-19(18)29-21/h2-9,18-19H,10-13H2,1H3/t18-,19-/m1/s1. The van der Waals surface area contributed by atoms with Crippen molar-refractivity contribution in [3.8, 4) is 5.75 Å². The second-order valence-electron chi connectivity index (χ2n) is 7.30. The van der Waals surface area contributed by atoms with Crippen molar-refractivity contribution in [1.82, 2.24) is 4.90 Å². The summed E-state index contributed by atoms with van der Waals surface area (Å²) in [6.45, 7) is 0.504. The molecule has 2 saturated heterocycles. The second-order valence-corrected chi connectivity index (χ2v) is 10.7. The third-order valence-electron chi connectivity index (χ3n) is 5.26. The van der Waals surface area contributed by atoms with Crippen LogP contribution < -0.4 is 4.74 Å². The number of amidine groups is 1. The van der Waals surface area contributed by atoms with E-state index < -0.39 is 9.84 Å². The molecule has 0 bridgehead atoms. The third-order valence-corrected chi connectivity index (χ3v) is 8.51. The number of hydrogen-bond donors (Lipinski definition) is 0. The summed E-state index contributed by atoms with van der Waals surface area (Å²) < 4.78 is 42.5. The molecular formula is C21H21FN2O4S2. The minimum absolute atomic E-state index is 0.0594. The largest absolute Gasteiger partial charge is 0.497 e. The van der Waals surface area contributed by atoms with Gasteiger partial charge in [0.25, 0.3) is 5.91 Å². The van der Waals surface area contributed by atoms with Crippen LogP contribution in [0.15, 0.2) is 53.5 Å². The van der Waals surface area contributed by atoms with E-state index in [9.17, 15) is 17.6 Å². The molecule has 0 aromatic heterocycles. The van der Waals surface area contributed by atoms with Crippen molar-refractivity contribution in [3.63, 3.8) is 0 Å². The summed E-state index contributed by atoms with van der Waals surface area (Å²) in [6, 6.07) is 12.7. The number of ether oxygens (including phenoxy) is 1. The van der Waals surface area contributed by atoms with E-state index in [0.29, 0.717) is 29.4 Å². The normalized spacial score (nSPS) is 23.5. The van der Waals surface area contributed by atoms with Gasteiger partial charge in [0.15, 0.2) is 15.0 Å². The predicted molar refractivity (Wildman–Crippen MR) is 115 cm³/mol. The zero-order chi connectivity index (χ0) is 21.3. The Morgan fingerprint density at radius 1 is 1.17 bits per heavy atom. The number of rotatable bonds is 5. The third kappa shape index (κ3) is 4.52. The van der Waals surface area contributed by atoms with Crippen molar-refractivity contribution < 1.29 is 22.3 Å². The number of hydrogen-bond acceptors (Lipinski definition) is 5. The molecule has 0 unspecified atom stereocenters. The zero-order valence-corrected chi connectivity index (χ0v) is 18.0. The molecule has 2 aliphatic rings. The molecule has 0 aliphatic carbocycles. The first-order chi connectivity index (χ1) is 14.3. The molecule has 2 aliphatic heterocycles. The van der Waals surface area contributed by atoms with Gasteiger partial charge in [-0.3, -0.25) is 4.79 Å². The number of carbonyl (C=O) groups excluding carboxylic acids is 1. The van der Waals surface area contributed by atoms with Crippen LogP contribution in [0.25, 0.3) is 0 Å². The first-order valence-corrected chi connectivity index (χ1v) is 12.2. The Labute approximate surface area is 179 Å². The van der Waals surface area contributed by atoms with Gasteiger partial charge in [-0.15, -0.1) is 0 Å². The summed E-state index contributed by atoms with van der Waals surface area (Å²) in [6.07, 6.45) is 0.597. The summed E-state index contributed by atoms with van der Waals surface area (Å²) in [5.41, 5.74) is 1.37. The first kappa shape index (κ1) is 20.9. The molecule has 0 N–H and O–H groups in total. The number of methoxy groups -OCH3 is 1. The molecule has 2 heterocycles. The van der Waals surface area contributed by atoms with E-state index in [1.165, 1.54) is 23.9 Å². The molecule has 6 nitrogen and oxygen atoms in total. The topological polar surface area (TPSA) is 76.0 Å². The predicted octanol–water partition coefficient (Wildman–Crippen LogP) is 2.79. The van der Waals surface area contributed by atoms with Gasteiger partial charge in [-0.2, -0.15) is 4.99 Å². The van der Waals surface area contributed by atoms with Gasteiger partial charge in [-0.05, 0) is 48.4 Å². The molecule has 0 radical (unpaired) electrons. The molecule has 0 saturated carbocycles. The molecule has 2 atom stereocenters. The Morgan fingerprint density at radius 3 is 2.53 bits per heavy atom. The van der Waals surface area contributed by atoms with Crippen LogP contribution in [0.5, 0.6) is 5.75 Å². The summed E-state index contributed by atoms with van der Waals surface area (Å²) in [7, 11) is -1.55. The number of thioether (sulfide) groups is 1. The fourth-order valence-electron chi connectivity index (χ4n) is 3.68. The van der Waals surface area contributed by atoms with Gasteiger partial charge in [0.1, 0.15) is 11.6 Å². The Hall–Kier alpha value is -2.39. The summed E-state index contributed by atoms with van der Waals surface area (Å²) in [5.74, 6) is 0.115. The van der Waals surface area contributed by atoms with E-state index in [-0.39, 0.29) is 34.5 Å². The van der Waals surface area contributed by atoms with Gasteiger partial charge in [-0.25, -0.2) is 12.8 Å². The van der Waals surface area contributed by atoms with Crippen LogP contribution in [0.1, 0.15) is 15.9 Å². The van der Waals surface area contributed by atoms with Crippen molar-refractivity contribution in [2.75, 3.05) is 25.2 Å². The van der Waals surface area contributed by atoms with Crippen LogP contribution >= 0.6 is 11.8 Å². The number of halogens is 1. The lowest BCUT2D eigenvalue weighted by molar-refractivity contribution is 0.100. The molecule has 0 spiro atoms. The maximum Gasteiger partial charge on any atom is 0.279 e. The van der Waals surface area contributed by atoms with Gasteiger partial charge < -0.3 is 9.64 Å².